The van der Waals surface area contributed by atoms with Crippen LogP contribution in [-0.4, -0.2) is 18.1 Å². The number of phenolic OH excluding ortho intramolecular Hbond substituents is 1. The van der Waals surface area contributed by atoms with Gasteiger partial charge in [0.05, 0.1) is 18.7 Å². The number of fused-ring (bicyclic) bond motifs is 1. The smallest absolute Gasteiger partial charge is 0.255 e. The normalized spacial score (nSPS) is 16.7. The van der Waals surface area contributed by atoms with Gasteiger partial charge >= 0.3 is 0 Å². The van der Waals surface area contributed by atoms with E-state index >= 15 is 0 Å². The van der Waals surface area contributed by atoms with Gasteiger partial charge in [-0.05, 0) is 48.6 Å². The zero-order chi connectivity index (χ0) is 15.5. The molecule has 114 valence electrons. The molecule has 0 saturated heterocycles. The molecule has 0 heterocycles. The maximum absolute atomic E-state index is 12.5. The average molecular weight is 297 g/mol. The Hall–Kier alpha value is -2.49. The van der Waals surface area contributed by atoms with Crippen LogP contribution in [0.2, 0.25) is 0 Å². The standard InChI is InChI=1S/C18H19NO3/c1-22-13-9-10-17(20)15(11-13)18(21)19-16-8-4-6-12-5-2-3-7-14(12)16/h2-3,5,7,9-11,16,20H,4,6,8H2,1H3,(H,19,21). The van der Waals surface area contributed by atoms with E-state index in [0.717, 1.165) is 19.3 Å². The van der Waals surface area contributed by atoms with Crippen molar-refractivity contribution >= 4 is 5.91 Å². The molecule has 0 radical (unpaired) electrons. The summed E-state index contributed by atoms with van der Waals surface area (Å²) in [6.45, 7) is 0. The van der Waals surface area contributed by atoms with E-state index < -0.39 is 0 Å². The monoisotopic (exact) mass is 297 g/mol. The molecule has 1 aliphatic carbocycles. The van der Waals surface area contributed by atoms with Gasteiger partial charge in [-0.1, -0.05) is 24.3 Å². The summed E-state index contributed by atoms with van der Waals surface area (Å²) in [5.74, 6) is 0.229. The van der Waals surface area contributed by atoms with Crippen LogP contribution >= 0.6 is 0 Å². The van der Waals surface area contributed by atoms with E-state index in [1.54, 1.807) is 12.1 Å². The van der Waals surface area contributed by atoms with Crippen molar-refractivity contribution in [1.29, 1.82) is 0 Å². The summed E-state index contributed by atoms with van der Waals surface area (Å²) in [6, 6.07) is 12.8. The highest BCUT2D eigenvalue weighted by Crippen LogP contribution is 2.30. The van der Waals surface area contributed by atoms with Crippen molar-refractivity contribution in [2.75, 3.05) is 7.11 Å². The molecule has 22 heavy (non-hydrogen) atoms. The molecule has 0 spiro atoms. The van der Waals surface area contributed by atoms with Crippen molar-refractivity contribution in [3.8, 4) is 11.5 Å². The quantitative estimate of drug-likeness (QED) is 0.914. The molecule has 1 unspecified atom stereocenters. The van der Waals surface area contributed by atoms with E-state index in [4.69, 9.17) is 4.74 Å². The minimum atomic E-state index is -0.280. The van der Waals surface area contributed by atoms with Gasteiger partial charge in [0.15, 0.2) is 0 Å². The minimum absolute atomic E-state index is 0.0111. The Labute approximate surface area is 129 Å². The number of carbonyl (C=O) groups excluding carboxylic acids is 1. The molecule has 0 saturated carbocycles. The fourth-order valence-electron chi connectivity index (χ4n) is 2.96. The van der Waals surface area contributed by atoms with Gasteiger partial charge in [-0.25, -0.2) is 0 Å². The Bertz CT molecular complexity index is 696. The first-order chi connectivity index (χ1) is 10.7. The summed E-state index contributed by atoms with van der Waals surface area (Å²) in [7, 11) is 1.53. The fraction of sp³-hybridized carbons (Fsp3) is 0.278. The summed E-state index contributed by atoms with van der Waals surface area (Å²) in [5.41, 5.74) is 2.70. The number of hydrogen-bond donors (Lipinski definition) is 2. The van der Waals surface area contributed by atoms with Gasteiger partial charge in [-0.3, -0.25) is 4.79 Å². The van der Waals surface area contributed by atoms with Crippen LogP contribution in [0, 0.1) is 0 Å². The Morgan fingerprint density at radius 3 is 2.91 bits per heavy atom. The molecule has 4 heteroatoms. The van der Waals surface area contributed by atoms with Gasteiger partial charge in [0.2, 0.25) is 0 Å². The first kappa shape index (κ1) is 14.4. The van der Waals surface area contributed by atoms with Gasteiger partial charge in [0.25, 0.3) is 5.91 Å². The van der Waals surface area contributed by atoms with Crippen LogP contribution < -0.4 is 10.1 Å². The number of phenols is 1. The van der Waals surface area contributed by atoms with Crippen molar-refractivity contribution < 1.29 is 14.6 Å². The second kappa shape index (κ2) is 6.10. The molecule has 1 aliphatic rings. The van der Waals surface area contributed by atoms with Crippen molar-refractivity contribution in [3.63, 3.8) is 0 Å². The summed E-state index contributed by atoms with van der Waals surface area (Å²) in [6.07, 6.45) is 3.01. The molecule has 0 bridgehead atoms. The molecular formula is C18H19NO3. The third kappa shape index (κ3) is 2.77. The van der Waals surface area contributed by atoms with E-state index in [1.165, 1.54) is 24.3 Å². The third-order valence-electron chi connectivity index (χ3n) is 4.12. The predicted molar refractivity (Wildman–Crippen MR) is 84.2 cm³/mol. The van der Waals surface area contributed by atoms with Crippen LogP contribution in [0.1, 0.15) is 40.4 Å². The van der Waals surface area contributed by atoms with Crippen molar-refractivity contribution in [2.24, 2.45) is 0 Å². The molecule has 0 aliphatic heterocycles. The van der Waals surface area contributed by atoms with Gasteiger partial charge in [-0.15, -0.1) is 0 Å². The van der Waals surface area contributed by atoms with Crippen LogP contribution in [0.25, 0.3) is 0 Å². The predicted octanol–water partition coefficient (Wildman–Crippen LogP) is 3.21. The number of benzene rings is 2. The van der Waals surface area contributed by atoms with E-state index in [1.807, 2.05) is 12.1 Å². The maximum Gasteiger partial charge on any atom is 0.255 e. The molecule has 0 fully saturated rings. The second-order valence-corrected chi connectivity index (χ2v) is 5.50. The van der Waals surface area contributed by atoms with Crippen LogP contribution in [0.5, 0.6) is 11.5 Å². The Balaban J connectivity index is 1.84. The number of ether oxygens (including phenoxy) is 1. The lowest BCUT2D eigenvalue weighted by Gasteiger charge is -2.26. The molecule has 0 aromatic heterocycles. The first-order valence-electron chi connectivity index (χ1n) is 7.44. The van der Waals surface area contributed by atoms with Crippen LogP contribution in [-0.2, 0) is 6.42 Å². The summed E-state index contributed by atoms with van der Waals surface area (Å²) >= 11 is 0. The zero-order valence-electron chi connectivity index (χ0n) is 12.5. The number of rotatable bonds is 3. The van der Waals surface area contributed by atoms with Crippen LogP contribution in [0.4, 0.5) is 0 Å². The lowest BCUT2D eigenvalue weighted by atomic mass is 9.87. The first-order valence-corrected chi connectivity index (χ1v) is 7.44. The van der Waals surface area contributed by atoms with E-state index in [0.29, 0.717) is 5.75 Å². The molecule has 4 nitrogen and oxygen atoms in total. The number of aryl methyl sites for hydroxylation is 1. The Morgan fingerprint density at radius 1 is 1.27 bits per heavy atom. The zero-order valence-corrected chi connectivity index (χ0v) is 12.5. The van der Waals surface area contributed by atoms with Gasteiger partial charge in [0.1, 0.15) is 11.5 Å². The van der Waals surface area contributed by atoms with Crippen molar-refractivity contribution in [1.82, 2.24) is 5.32 Å². The van der Waals surface area contributed by atoms with Crippen LogP contribution in [0.15, 0.2) is 42.5 Å². The average Bonchev–Trinajstić information content (AvgIpc) is 2.55. The number of nitrogens with one attached hydrogen (secondary N) is 1. The van der Waals surface area contributed by atoms with Crippen LogP contribution in [0.3, 0.4) is 0 Å². The molecule has 3 rings (SSSR count). The topological polar surface area (TPSA) is 58.6 Å². The Morgan fingerprint density at radius 2 is 2.09 bits per heavy atom. The highest BCUT2D eigenvalue weighted by molar-refractivity contribution is 5.97. The molecule has 1 atom stereocenters. The number of methoxy groups -OCH3 is 1. The minimum Gasteiger partial charge on any atom is -0.507 e. The highest BCUT2D eigenvalue weighted by Gasteiger charge is 2.23. The number of hydrogen-bond acceptors (Lipinski definition) is 3. The third-order valence-corrected chi connectivity index (χ3v) is 4.12. The summed E-state index contributed by atoms with van der Waals surface area (Å²) in [4.78, 5) is 12.5. The van der Waals surface area contributed by atoms with E-state index in [-0.39, 0.29) is 23.3 Å². The molecular weight excluding hydrogens is 278 g/mol. The molecule has 1 amide bonds. The number of carbonyl (C=O) groups is 1. The summed E-state index contributed by atoms with van der Waals surface area (Å²) in [5, 5.41) is 12.9. The second-order valence-electron chi connectivity index (χ2n) is 5.50. The molecule has 2 aromatic rings. The fourth-order valence-corrected chi connectivity index (χ4v) is 2.96. The van der Waals surface area contributed by atoms with Gasteiger partial charge in [-0.2, -0.15) is 0 Å². The van der Waals surface area contributed by atoms with E-state index in [9.17, 15) is 9.90 Å². The molecule has 2 aromatic carbocycles. The molecule has 2 N–H and O–H groups in total. The van der Waals surface area contributed by atoms with Crippen molar-refractivity contribution in [2.45, 2.75) is 25.3 Å². The number of aromatic hydroxyl groups is 1. The summed E-state index contributed by atoms with van der Waals surface area (Å²) < 4.78 is 5.12. The number of amides is 1. The largest absolute Gasteiger partial charge is 0.507 e. The van der Waals surface area contributed by atoms with Gasteiger partial charge < -0.3 is 15.2 Å². The van der Waals surface area contributed by atoms with Gasteiger partial charge in [0, 0.05) is 0 Å². The lowest BCUT2D eigenvalue weighted by molar-refractivity contribution is 0.0929. The SMILES string of the molecule is COc1ccc(O)c(C(=O)NC2CCCc3ccccc32)c1. The maximum atomic E-state index is 12.5. The lowest BCUT2D eigenvalue weighted by Crippen LogP contribution is -2.31. The van der Waals surface area contributed by atoms with E-state index in [2.05, 4.69) is 17.4 Å². The highest BCUT2D eigenvalue weighted by atomic mass is 16.5. The Kier molecular flexibility index (Phi) is 4.00. The van der Waals surface area contributed by atoms with Crippen molar-refractivity contribution in [3.05, 3.63) is 59.2 Å².